The maximum absolute atomic E-state index is 10.6. The van der Waals surface area contributed by atoms with Crippen LogP contribution in [0.2, 0.25) is 0 Å². The maximum Gasteiger partial charge on any atom is 0.368 e. The Bertz CT molecular complexity index is 460. The lowest BCUT2D eigenvalue weighted by Gasteiger charge is -2.00. The molecule has 0 aliphatic carbocycles. The number of halogens is 1. The number of carbonyl (C=O) groups is 1. The van der Waals surface area contributed by atoms with E-state index in [1.54, 1.807) is 6.07 Å². The Morgan fingerprint density at radius 2 is 2.12 bits per heavy atom. The van der Waals surface area contributed by atoms with Crippen molar-refractivity contribution in [3.8, 4) is 0 Å². The zero-order valence-electron chi connectivity index (χ0n) is 7.75. The molecular formula is C8H6ClN3O4. The summed E-state index contributed by atoms with van der Waals surface area (Å²) in [6.07, 6.45) is 0. The van der Waals surface area contributed by atoms with Gasteiger partial charge in [-0.3, -0.25) is 15.5 Å². The molecule has 0 amide bonds. The van der Waals surface area contributed by atoms with Gasteiger partial charge in [-0.1, -0.05) is 23.7 Å². The van der Waals surface area contributed by atoms with Gasteiger partial charge in [0.15, 0.2) is 0 Å². The number of nitrogens with zero attached hydrogens (tertiary/aromatic N) is 2. The highest BCUT2D eigenvalue weighted by atomic mass is 35.5. The molecule has 0 aliphatic rings. The second-order valence-corrected chi connectivity index (χ2v) is 2.95. The number of rotatable bonds is 4. The van der Waals surface area contributed by atoms with Gasteiger partial charge in [0.1, 0.15) is 5.69 Å². The number of hydrogen-bond donors (Lipinski definition) is 2. The molecule has 16 heavy (non-hydrogen) atoms. The first kappa shape index (κ1) is 11.9. The Kier molecular flexibility index (Phi) is 3.78. The first-order chi connectivity index (χ1) is 7.52. The summed E-state index contributed by atoms with van der Waals surface area (Å²) in [5.41, 5.74) is 2.05. The van der Waals surface area contributed by atoms with Gasteiger partial charge < -0.3 is 5.11 Å². The number of carboxylic acid groups (broad SMARTS) is 1. The summed E-state index contributed by atoms with van der Waals surface area (Å²) in [6.45, 7) is 0. The molecule has 2 N–H and O–H groups in total. The standard InChI is InChI=1S/C8H6ClN3O4/c9-7(8(13)14)11-10-5-3-1-2-4-6(5)12(15)16/h1-4,10H,(H,13,14)/b11-7+. The van der Waals surface area contributed by atoms with Crippen LogP contribution in [-0.4, -0.2) is 21.2 Å². The minimum Gasteiger partial charge on any atom is -0.476 e. The van der Waals surface area contributed by atoms with Crippen LogP contribution >= 0.6 is 11.6 Å². The van der Waals surface area contributed by atoms with Gasteiger partial charge in [0, 0.05) is 6.07 Å². The molecule has 0 atom stereocenters. The van der Waals surface area contributed by atoms with Crippen LogP contribution in [0.25, 0.3) is 0 Å². The van der Waals surface area contributed by atoms with Gasteiger partial charge in [-0.05, 0) is 6.07 Å². The highest BCUT2D eigenvalue weighted by Gasteiger charge is 2.12. The van der Waals surface area contributed by atoms with E-state index < -0.39 is 16.1 Å². The summed E-state index contributed by atoms with van der Waals surface area (Å²) in [4.78, 5) is 20.3. The van der Waals surface area contributed by atoms with Crippen LogP contribution in [0.3, 0.4) is 0 Å². The van der Waals surface area contributed by atoms with Gasteiger partial charge in [-0.25, -0.2) is 4.79 Å². The number of nitrogens with one attached hydrogen (secondary N) is 1. The predicted molar refractivity (Wildman–Crippen MR) is 57.6 cm³/mol. The van der Waals surface area contributed by atoms with Crippen LogP contribution < -0.4 is 5.43 Å². The molecule has 0 aromatic heterocycles. The Morgan fingerprint density at radius 3 is 2.69 bits per heavy atom. The second-order valence-electron chi connectivity index (χ2n) is 2.59. The summed E-state index contributed by atoms with van der Waals surface area (Å²) >= 11 is 5.22. The van der Waals surface area contributed by atoms with Crippen LogP contribution in [-0.2, 0) is 4.79 Å². The summed E-state index contributed by atoms with van der Waals surface area (Å²) in [5.74, 6) is -1.42. The minimum atomic E-state index is -1.42. The maximum atomic E-state index is 10.6. The number of hydrogen-bond acceptors (Lipinski definition) is 5. The summed E-state index contributed by atoms with van der Waals surface area (Å²) in [7, 11) is 0. The van der Waals surface area contributed by atoms with E-state index in [0.29, 0.717) is 0 Å². The van der Waals surface area contributed by atoms with Crippen LogP contribution in [0.4, 0.5) is 11.4 Å². The van der Waals surface area contributed by atoms with Gasteiger partial charge >= 0.3 is 5.97 Å². The average Bonchev–Trinajstić information content (AvgIpc) is 2.25. The number of nitro groups is 1. The van der Waals surface area contributed by atoms with E-state index in [4.69, 9.17) is 16.7 Å². The van der Waals surface area contributed by atoms with Gasteiger partial charge in [-0.2, -0.15) is 5.10 Å². The molecule has 0 saturated heterocycles. The monoisotopic (exact) mass is 243 g/mol. The van der Waals surface area contributed by atoms with Crippen molar-refractivity contribution in [3.63, 3.8) is 0 Å². The zero-order valence-corrected chi connectivity index (χ0v) is 8.51. The lowest BCUT2D eigenvalue weighted by molar-refractivity contribution is -0.384. The smallest absolute Gasteiger partial charge is 0.368 e. The number of benzene rings is 1. The van der Waals surface area contributed by atoms with Crippen molar-refractivity contribution in [1.82, 2.24) is 0 Å². The average molecular weight is 244 g/mol. The molecule has 0 aliphatic heterocycles. The third-order valence-electron chi connectivity index (χ3n) is 1.55. The summed E-state index contributed by atoms with van der Waals surface area (Å²) < 4.78 is 0. The highest BCUT2D eigenvalue weighted by molar-refractivity contribution is 6.81. The number of para-hydroxylation sites is 2. The van der Waals surface area contributed by atoms with Gasteiger partial charge in [-0.15, -0.1) is 0 Å². The van der Waals surface area contributed by atoms with Crippen molar-refractivity contribution < 1.29 is 14.8 Å². The molecule has 84 valence electrons. The van der Waals surface area contributed by atoms with E-state index in [9.17, 15) is 14.9 Å². The molecular weight excluding hydrogens is 238 g/mol. The third-order valence-corrected chi connectivity index (χ3v) is 1.80. The molecule has 1 rings (SSSR count). The first-order valence-electron chi connectivity index (χ1n) is 3.98. The predicted octanol–water partition coefficient (Wildman–Crippen LogP) is 1.64. The number of carboxylic acids is 1. The van der Waals surface area contributed by atoms with Crippen molar-refractivity contribution in [2.45, 2.75) is 0 Å². The van der Waals surface area contributed by atoms with E-state index in [2.05, 4.69) is 10.5 Å². The van der Waals surface area contributed by atoms with E-state index in [-0.39, 0.29) is 11.4 Å². The Balaban J connectivity index is 2.94. The van der Waals surface area contributed by atoms with E-state index >= 15 is 0 Å². The fraction of sp³-hybridized carbons (Fsp3) is 0. The molecule has 0 heterocycles. The van der Waals surface area contributed by atoms with Gasteiger partial charge in [0.2, 0.25) is 5.17 Å². The van der Waals surface area contributed by atoms with Crippen molar-refractivity contribution in [2.75, 3.05) is 5.43 Å². The fourth-order valence-corrected chi connectivity index (χ4v) is 0.927. The molecule has 0 saturated carbocycles. The molecule has 0 bridgehead atoms. The number of nitro benzene ring substituents is 1. The molecule has 0 spiro atoms. The Morgan fingerprint density at radius 1 is 1.50 bits per heavy atom. The van der Waals surface area contributed by atoms with Crippen LogP contribution in [0, 0.1) is 10.1 Å². The van der Waals surface area contributed by atoms with Crippen molar-refractivity contribution in [2.24, 2.45) is 5.10 Å². The SMILES string of the molecule is O=C(O)/C(Cl)=N\Nc1ccccc1[N+](=O)[O-]. The number of aliphatic carboxylic acids is 1. The molecule has 0 fully saturated rings. The van der Waals surface area contributed by atoms with Crippen molar-refractivity contribution in [1.29, 1.82) is 0 Å². The summed E-state index contributed by atoms with van der Waals surface area (Å²) in [6, 6.07) is 5.66. The first-order valence-corrected chi connectivity index (χ1v) is 4.36. The van der Waals surface area contributed by atoms with E-state index in [0.717, 1.165) is 0 Å². The zero-order chi connectivity index (χ0) is 12.1. The van der Waals surface area contributed by atoms with Crippen LogP contribution in [0.1, 0.15) is 0 Å². The minimum absolute atomic E-state index is 0.0619. The van der Waals surface area contributed by atoms with Crippen LogP contribution in [0.15, 0.2) is 29.4 Å². The molecule has 8 heteroatoms. The molecule has 0 radical (unpaired) electrons. The number of hydrazone groups is 1. The highest BCUT2D eigenvalue weighted by Crippen LogP contribution is 2.22. The molecule has 1 aromatic rings. The topological polar surface area (TPSA) is 105 Å². The lowest BCUT2D eigenvalue weighted by atomic mass is 10.3. The van der Waals surface area contributed by atoms with E-state index in [1.165, 1.54) is 18.2 Å². The molecule has 1 aromatic carbocycles. The van der Waals surface area contributed by atoms with E-state index in [1.807, 2.05) is 0 Å². The lowest BCUT2D eigenvalue weighted by Crippen LogP contribution is -2.08. The molecule has 0 unspecified atom stereocenters. The van der Waals surface area contributed by atoms with Crippen LogP contribution in [0.5, 0.6) is 0 Å². The summed E-state index contributed by atoms with van der Waals surface area (Å²) in [5, 5.41) is 21.5. The Hall–Kier alpha value is -2.15. The van der Waals surface area contributed by atoms with Crippen molar-refractivity contribution in [3.05, 3.63) is 34.4 Å². The van der Waals surface area contributed by atoms with Crippen molar-refractivity contribution >= 4 is 34.1 Å². The quantitative estimate of drug-likeness (QED) is 0.475. The molecule has 7 nitrogen and oxygen atoms in total. The fourth-order valence-electron chi connectivity index (χ4n) is 0.885. The third kappa shape index (κ3) is 2.92. The van der Waals surface area contributed by atoms with Gasteiger partial charge in [0.05, 0.1) is 4.92 Å². The largest absolute Gasteiger partial charge is 0.476 e. The second kappa shape index (κ2) is 5.08. The van der Waals surface area contributed by atoms with Gasteiger partial charge in [0.25, 0.3) is 5.69 Å². The Labute approximate surface area is 94.5 Å². The number of anilines is 1. The normalized spacial score (nSPS) is 10.9.